The van der Waals surface area contributed by atoms with Gasteiger partial charge in [0.2, 0.25) is 0 Å². The molecule has 2 atom stereocenters. The fraction of sp³-hybridized carbons (Fsp3) is 0.500. The van der Waals surface area contributed by atoms with Gasteiger partial charge >= 0.3 is 0 Å². The number of nitrogens with zero attached hydrogens (tertiary/aromatic N) is 1. The lowest BCUT2D eigenvalue weighted by molar-refractivity contribution is 0.628. The van der Waals surface area contributed by atoms with Gasteiger partial charge < -0.3 is 10.6 Å². The monoisotopic (exact) mass is 256 g/mol. The van der Waals surface area contributed by atoms with Crippen LogP contribution in [0.25, 0.3) is 0 Å². The summed E-state index contributed by atoms with van der Waals surface area (Å²) in [5.74, 6) is 1.14. The Morgan fingerprint density at radius 3 is 2.88 bits per heavy atom. The lowest BCUT2D eigenvalue weighted by atomic mass is 10.1. The molecule has 1 heterocycles. The Labute approximate surface area is 106 Å². The highest BCUT2D eigenvalue weighted by molar-refractivity contribution is 8.00. The van der Waals surface area contributed by atoms with Gasteiger partial charge in [-0.25, -0.2) is 0 Å². The zero-order valence-electron chi connectivity index (χ0n) is 9.61. The average molecular weight is 257 g/mol. The van der Waals surface area contributed by atoms with Gasteiger partial charge in [-0.2, -0.15) is 11.8 Å². The van der Waals surface area contributed by atoms with Crippen molar-refractivity contribution < 1.29 is 0 Å². The predicted octanol–water partition coefficient (Wildman–Crippen LogP) is 3.25. The van der Waals surface area contributed by atoms with Crippen LogP contribution in [0, 0.1) is 0 Å². The van der Waals surface area contributed by atoms with E-state index in [-0.39, 0.29) is 0 Å². The Balaban J connectivity index is 2.36. The minimum Gasteiger partial charge on any atom is -0.397 e. The van der Waals surface area contributed by atoms with Gasteiger partial charge in [-0.1, -0.05) is 24.6 Å². The highest BCUT2D eigenvalue weighted by Gasteiger charge is 2.27. The SMILES string of the molecule is CC1SCCN(c2c(N)cccc2Cl)C1C. The largest absolute Gasteiger partial charge is 0.397 e. The standard InChI is InChI=1S/C12H17ClN2S/c1-8-9(2)16-7-6-15(8)12-10(13)4-3-5-11(12)14/h3-5,8-9H,6-7,14H2,1-2H3. The summed E-state index contributed by atoms with van der Waals surface area (Å²) in [7, 11) is 0. The third-order valence-corrected chi connectivity index (χ3v) is 4.83. The summed E-state index contributed by atoms with van der Waals surface area (Å²) in [6, 6.07) is 6.20. The molecule has 0 aliphatic carbocycles. The Morgan fingerprint density at radius 2 is 2.19 bits per heavy atom. The van der Waals surface area contributed by atoms with E-state index in [2.05, 4.69) is 18.7 Å². The van der Waals surface area contributed by atoms with Crippen LogP contribution in [-0.4, -0.2) is 23.6 Å². The smallest absolute Gasteiger partial charge is 0.0792 e. The van der Waals surface area contributed by atoms with E-state index in [1.165, 1.54) is 0 Å². The molecule has 1 saturated heterocycles. The highest BCUT2D eigenvalue weighted by atomic mass is 35.5. The van der Waals surface area contributed by atoms with Crippen LogP contribution in [0.1, 0.15) is 13.8 Å². The maximum atomic E-state index is 6.25. The number of nitrogen functional groups attached to an aromatic ring is 1. The molecule has 2 rings (SSSR count). The van der Waals surface area contributed by atoms with Crippen LogP contribution in [0.5, 0.6) is 0 Å². The van der Waals surface area contributed by atoms with E-state index in [0.717, 1.165) is 28.7 Å². The molecule has 0 bridgehead atoms. The molecule has 1 aliphatic heterocycles. The molecule has 1 aliphatic rings. The van der Waals surface area contributed by atoms with E-state index in [1.807, 2.05) is 30.0 Å². The van der Waals surface area contributed by atoms with Crippen LogP contribution in [0.4, 0.5) is 11.4 Å². The summed E-state index contributed by atoms with van der Waals surface area (Å²) >= 11 is 8.26. The van der Waals surface area contributed by atoms with Crippen molar-refractivity contribution in [2.24, 2.45) is 0 Å². The van der Waals surface area contributed by atoms with Crippen molar-refractivity contribution in [3.05, 3.63) is 23.2 Å². The van der Waals surface area contributed by atoms with Gasteiger partial charge in [0.15, 0.2) is 0 Å². The molecule has 2 nitrogen and oxygen atoms in total. The summed E-state index contributed by atoms with van der Waals surface area (Å²) in [4.78, 5) is 2.33. The molecule has 2 unspecified atom stereocenters. The molecule has 4 heteroatoms. The van der Waals surface area contributed by atoms with Crippen molar-refractivity contribution in [2.45, 2.75) is 25.1 Å². The van der Waals surface area contributed by atoms with Gasteiger partial charge in [-0.15, -0.1) is 0 Å². The second-order valence-electron chi connectivity index (χ2n) is 4.19. The van der Waals surface area contributed by atoms with E-state index in [4.69, 9.17) is 17.3 Å². The zero-order chi connectivity index (χ0) is 11.7. The Morgan fingerprint density at radius 1 is 1.44 bits per heavy atom. The van der Waals surface area contributed by atoms with Gasteiger partial charge in [0, 0.05) is 23.6 Å². The van der Waals surface area contributed by atoms with Gasteiger partial charge in [0.25, 0.3) is 0 Å². The van der Waals surface area contributed by atoms with Crippen LogP contribution in [0.15, 0.2) is 18.2 Å². The molecule has 0 aromatic heterocycles. The molecule has 1 fully saturated rings. The second-order valence-corrected chi connectivity index (χ2v) is 6.08. The molecule has 0 radical (unpaired) electrons. The maximum Gasteiger partial charge on any atom is 0.0792 e. The van der Waals surface area contributed by atoms with Gasteiger partial charge in [0.05, 0.1) is 16.4 Å². The summed E-state index contributed by atoms with van der Waals surface area (Å²) < 4.78 is 0. The van der Waals surface area contributed by atoms with Gasteiger partial charge in [0.1, 0.15) is 0 Å². The number of rotatable bonds is 1. The zero-order valence-corrected chi connectivity index (χ0v) is 11.2. The first-order valence-corrected chi connectivity index (χ1v) is 6.96. The first-order valence-electron chi connectivity index (χ1n) is 5.53. The minimum absolute atomic E-state index is 0.473. The second kappa shape index (κ2) is 4.76. The molecule has 2 N–H and O–H groups in total. The molecule has 1 aromatic carbocycles. The summed E-state index contributed by atoms with van der Waals surface area (Å²) in [5, 5.41) is 1.37. The quantitative estimate of drug-likeness (QED) is 0.782. The molecule has 0 spiro atoms. The van der Waals surface area contributed by atoms with E-state index in [9.17, 15) is 0 Å². The Kier molecular flexibility index (Phi) is 3.55. The Hall–Kier alpha value is -0.540. The topological polar surface area (TPSA) is 29.3 Å². The van der Waals surface area contributed by atoms with Crippen LogP contribution in [-0.2, 0) is 0 Å². The first kappa shape index (κ1) is 11.9. The van der Waals surface area contributed by atoms with E-state index in [1.54, 1.807) is 0 Å². The number of anilines is 2. The molecule has 0 saturated carbocycles. The highest BCUT2D eigenvalue weighted by Crippen LogP contribution is 2.37. The van der Waals surface area contributed by atoms with E-state index < -0.39 is 0 Å². The van der Waals surface area contributed by atoms with Crippen molar-refractivity contribution >= 4 is 34.7 Å². The number of hydrogen-bond donors (Lipinski definition) is 1. The van der Waals surface area contributed by atoms with Crippen LogP contribution in [0.3, 0.4) is 0 Å². The number of para-hydroxylation sites is 1. The number of nitrogens with two attached hydrogens (primary N) is 1. The van der Waals surface area contributed by atoms with Gasteiger partial charge in [-0.05, 0) is 19.1 Å². The summed E-state index contributed by atoms with van der Waals surface area (Å²) in [5.41, 5.74) is 7.81. The van der Waals surface area contributed by atoms with E-state index >= 15 is 0 Å². The van der Waals surface area contributed by atoms with Crippen molar-refractivity contribution in [1.29, 1.82) is 0 Å². The van der Waals surface area contributed by atoms with Crippen molar-refractivity contribution in [2.75, 3.05) is 22.9 Å². The fourth-order valence-electron chi connectivity index (χ4n) is 2.08. The number of halogens is 1. The van der Waals surface area contributed by atoms with Gasteiger partial charge in [-0.3, -0.25) is 0 Å². The third-order valence-electron chi connectivity index (χ3n) is 3.19. The van der Waals surface area contributed by atoms with E-state index in [0.29, 0.717) is 11.3 Å². The van der Waals surface area contributed by atoms with Crippen LogP contribution >= 0.6 is 23.4 Å². The van der Waals surface area contributed by atoms with Crippen LogP contribution in [0.2, 0.25) is 5.02 Å². The third kappa shape index (κ3) is 2.11. The average Bonchev–Trinajstić information content (AvgIpc) is 2.24. The maximum absolute atomic E-state index is 6.25. The molecule has 88 valence electrons. The molecule has 0 amide bonds. The summed E-state index contributed by atoms with van der Waals surface area (Å²) in [6.45, 7) is 5.51. The lowest BCUT2D eigenvalue weighted by Gasteiger charge is -2.40. The molecular weight excluding hydrogens is 240 g/mol. The number of benzene rings is 1. The van der Waals surface area contributed by atoms with Crippen molar-refractivity contribution in [3.63, 3.8) is 0 Å². The fourth-order valence-corrected chi connectivity index (χ4v) is 3.47. The molecular formula is C12H17ClN2S. The predicted molar refractivity (Wildman–Crippen MR) is 74.6 cm³/mol. The van der Waals surface area contributed by atoms with Crippen LogP contribution < -0.4 is 10.6 Å². The number of thioether (sulfide) groups is 1. The summed E-state index contributed by atoms with van der Waals surface area (Å²) in [6.07, 6.45) is 0. The normalized spacial score (nSPS) is 25.8. The Bertz CT molecular complexity index is 363. The first-order chi connectivity index (χ1) is 7.61. The van der Waals surface area contributed by atoms with Crippen molar-refractivity contribution in [1.82, 2.24) is 0 Å². The minimum atomic E-state index is 0.473. The van der Waals surface area contributed by atoms with Crippen molar-refractivity contribution in [3.8, 4) is 0 Å². The lowest BCUT2D eigenvalue weighted by Crippen LogP contribution is -2.45. The molecule has 16 heavy (non-hydrogen) atoms. The molecule has 1 aromatic rings. The number of hydrogen-bond acceptors (Lipinski definition) is 3.